The minimum atomic E-state index is -0.111. The molecule has 7 atom stereocenters. The van der Waals surface area contributed by atoms with E-state index in [1.165, 1.54) is 0 Å². The molecule has 8 nitrogen and oxygen atoms in total. The first-order chi connectivity index (χ1) is 19.3. The van der Waals surface area contributed by atoms with Crippen molar-refractivity contribution in [1.82, 2.24) is 15.1 Å². The van der Waals surface area contributed by atoms with E-state index < -0.39 is 0 Å². The largest absolute Gasteiger partial charge is 0.381 e. The van der Waals surface area contributed by atoms with Gasteiger partial charge in [-0.1, -0.05) is 12.8 Å². The van der Waals surface area contributed by atoms with Crippen LogP contribution in [0.1, 0.15) is 84.5 Å². The lowest BCUT2D eigenvalue weighted by Crippen LogP contribution is -2.61. The van der Waals surface area contributed by atoms with Gasteiger partial charge in [0.1, 0.15) is 12.4 Å². The normalized spacial score (nSPS) is 39.3. The van der Waals surface area contributed by atoms with Gasteiger partial charge in [-0.2, -0.15) is 0 Å². The number of rotatable bonds is 6. The number of amides is 3. The number of carbonyl (C=O) groups excluding carboxylic acids is 2. The van der Waals surface area contributed by atoms with Crippen molar-refractivity contribution in [2.75, 3.05) is 26.7 Å². The van der Waals surface area contributed by atoms with Crippen molar-refractivity contribution in [3.63, 3.8) is 0 Å². The second kappa shape index (κ2) is 13.5. The number of nitrogens with one attached hydrogen (secondary N) is 1. The summed E-state index contributed by atoms with van der Waals surface area (Å²) in [6.45, 7) is 5.18. The Kier molecular flexibility index (Phi) is 10.2. The third-order valence-electron chi connectivity index (χ3n) is 9.90. The van der Waals surface area contributed by atoms with Crippen LogP contribution in [0.5, 0.6) is 0 Å². The molecule has 3 saturated carbocycles. The number of hydrogen-bond donors (Lipinski definition) is 1. The molecule has 5 aliphatic rings. The van der Waals surface area contributed by atoms with E-state index in [2.05, 4.69) is 19.2 Å². The highest BCUT2D eigenvalue weighted by Crippen LogP contribution is 2.45. The molecule has 2 heterocycles. The molecule has 0 spiro atoms. The molecule has 40 heavy (non-hydrogen) atoms. The SMILES string of the molecule is COC1CCC(C2=N[C@@H](C3CCC(Cl)CC3)[C@@H](C3CCCCC3Cl)N2C(=O)N2CCNC(=O)C2)C(OC(C)C)C1. The molecule has 5 rings (SSSR count). The number of aliphatic imine (C=N–C) groups is 1. The monoisotopic (exact) mass is 598 g/mol. The first-order valence-corrected chi connectivity index (χ1v) is 16.5. The molecule has 3 aliphatic carbocycles. The molecule has 0 aromatic rings. The van der Waals surface area contributed by atoms with Crippen LogP contribution in [0, 0.1) is 17.8 Å². The number of nitrogens with zero attached hydrogens (tertiary/aromatic N) is 3. The molecule has 226 valence electrons. The summed E-state index contributed by atoms with van der Waals surface area (Å²) >= 11 is 13.7. The van der Waals surface area contributed by atoms with Gasteiger partial charge in [0.05, 0.1) is 30.4 Å². The van der Waals surface area contributed by atoms with Crippen LogP contribution in [0.4, 0.5) is 4.79 Å². The third-order valence-corrected chi connectivity index (χ3v) is 10.9. The smallest absolute Gasteiger partial charge is 0.326 e. The van der Waals surface area contributed by atoms with Crippen molar-refractivity contribution in [3.05, 3.63) is 0 Å². The van der Waals surface area contributed by atoms with Crippen molar-refractivity contribution in [2.45, 2.75) is 126 Å². The number of hydrogen-bond acceptors (Lipinski definition) is 5. The lowest BCUT2D eigenvalue weighted by atomic mass is 9.74. The first-order valence-electron chi connectivity index (χ1n) is 15.7. The maximum Gasteiger partial charge on any atom is 0.326 e. The summed E-state index contributed by atoms with van der Waals surface area (Å²) in [6, 6.07) is -0.211. The number of ether oxygens (including phenoxy) is 2. The Labute approximate surface area is 249 Å². The van der Waals surface area contributed by atoms with E-state index in [9.17, 15) is 9.59 Å². The zero-order valence-corrected chi connectivity index (χ0v) is 25.9. The molecule has 0 aromatic heterocycles. The van der Waals surface area contributed by atoms with Crippen LogP contribution in [-0.4, -0.2) is 95.5 Å². The second-order valence-electron chi connectivity index (χ2n) is 12.9. The second-order valence-corrected chi connectivity index (χ2v) is 14.0. The van der Waals surface area contributed by atoms with Crippen LogP contribution in [0.15, 0.2) is 4.99 Å². The maximum atomic E-state index is 14.5. The van der Waals surface area contributed by atoms with E-state index in [4.69, 9.17) is 37.7 Å². The molecular formula is C30H48Cl2N4O4. The molecular weight excluding hydrogens is 551 g/mol. The number of amidine groups is 1. The maximum absolute atomic E-state index is 14.5. The summed E-state index contributed by atoms with van der Waals surface area (Å²) in [4.78, 5) is 36.2. The predicted octanol–water partition coefficient (Wildman–Crippen LogP) is 5.19. The first kappa shape index (κ1) is 30.4. The zero-order valence-electron chi connectivity index (χ0n) is 24.4. The molecule has 1 saturated heterocycles. The van der Waals surface area contributed by atoms with Gasteiger partial charge in [0.15, 0.2) is 0 Å². The molecule has 0 aromatic carbocycles. The van der Waals surface area contributed by atoms with Gasteiger partial charge in [-0.25, -0.2) is 4.79 Å². The average Bonchev–Trinajstić information content (AvgIpc) is 3.33. The van der Waals surface area contributed by atoms with Crippen molar-refractivity contribution in [2.24, 2.45) is 22.7 Å². The van der Waals surface area contributed by atoms with Crippen LogP contribution < -0.4 is 5.32 Å². The fourth-order valence-electron chi connectivity index (χ4n) is 7.90. The fraction of sp³-hybridized carbons (Fsp3) is 0.900. The highest BCUT2D eigenvalue weighted by molar-refractivity contribution is 6.21. The predicted molar refractivity (Wildman–Crippen MR) is 158 cm³/mol. The highest BCUT2D eigenvalue weighted by atomic mass is 35.5. The lowest BCUT2D eigenvalue weighted by Gasteiger charge is -2.45. The quantitative estimate of drug-likeness (QED) is 0.426. The number of halogens is 2. The lowest BCUT2D eigenvalue weighted by molar-refractivity contribution is -0.123. The molecule has 0 radical (unpaired) electrons. The molecule has 3 amide bonds. The van der Waals surface area contributed by atoms with Gasteiger partial charge in [0, 0.05) is 43.3 Å². The summed E-state index contributed by atoms with van der Waals surface area (Å²) in [6.07, 6.45) is 10.8. The average molecular weight is 600 g/mol. The van der Waals surface area contributed by atoms with Gasteiger partial charge in [-0.15, -0.1) is 23.2 Å². The van der Waals surface area contributed by atoms with Gasteiger partial charge in [0.25, 0.3) is 0 Å². The summed E-state index contributed by atoms with van der Waals surface area (Å²) < 4.78 is 12.3. The van der Waals surface area contributed by atoms with Crippen LogP contribution in [0.3, 0.4) is 0 Å². The van der Waals surface area contributed by atoms with Crippen molar-refractivity contribution >= 4 is 41.0 Å². The summed E-state index contributed by atoms with van der Waals surface area (Å²) in [7, 11) is 1.77. The Morgan fingerprint density at radius 1 is 1.05 bits per heavy atom. The van der Waals surface area contributed by atoms with Crippen LogP contribution in [-0.2, 0) is 14.3 Å². The Morgan fingerprint density at radius 3 is 2.48 bits per heavy atom. The van der Waals surface area contributed by atoms with Crippen LogP contribution in [0.25, 0.3) is 0 Å². The molecule has 5 unspecified atom stereocenters. The Hall–Kier alpha value is -1.09. The fourth-order valence-corrected chi connectivity index (χ4v) is 8.58. The highest BCUT2D eigenvalue weighted by Gasteiger charge is 2.53. The summed E-state index contributed by atoms with van der Waals surface area (Å²) in [5.41, 5.74) is 0. The van der Waals surface area contributed by atoms with E-state index >= 15 is 0 Å². The third kappa shape index (κ3) is 6.60. The van der Waals surface area contributed by atoms with Crippen molar-refractivity contribution in [3.8, 4) is 0 Å². The number of piperazine rings is 1. The summed E-state index contributed by atoms with van der Waals surface area (Å²) in [5, 5.41) is 3.09. The molecule has 0 bridgehead atoms. The van der Waals surface area contributed by atoms with E-state index in [1.807, 2.05) is 4.90 Å². The topological polar surface area (TPSA) is 83.5 Å². The number of methoxy groups -OCH3 is 1. The molecule has 2 aliphatic heterocycles. The Balaban J connectivity index is 1.55. The summed E-state index contributed by atoms with van der Waals surface area (Å²) in [5.74, 6) is 1.26. The number of urea groups is 1. The molecule has 10 heteroatoms. The minimum Gasteiger partial charge on any atom is -0.381 e. The van der Waals surface area contributed by atoms with E-state index in [0.717, 1.165) is 76.5 Å². The molecule has 1 N–H and O–H groups in total. The Bertz CT molecular complexity index is 927. The van der Waals surface area contributed by atoms with Gasteiger partial charge in [-0.3, -0.25) is 14.7 Å². The van der Waals surface area contributed by atoms with Gasteiger partial charge in [0.2, 0.25) is 5.91 Å². The zero-order chi connectivity index (χ0) is 28.4. The van der Waals surface area contributed by atoms with E-state index in [0.29, 0.717) is 19.0 Å². The van der Waals surface area contributed by atoms with Crippen LogP contribution >= 0.6 is 23.2 Å². The number of alkyl halides is 2. The van der Waals surface area contributed by atoms with Gasteiger partial charge >= 0.3 is 6.03 Å². The van der Waals surface area contributed by atoms with Crippen molar-refractivity contribution < 1.29 is 19.1 Å². The van der Waals surface area contributed by atoms with Crippen molar-refractivity contribution in [1.29, 1.82) is 0 Å². The Morgan fingerprint density at radius 2 is 1.80 bits per heavy atom. The molecule has 4 fully saturated rings. The van der Waals surface area contributed by atoms with Gasteiger partial charge < -0.3 is 19.7 Å². The van der Waals surface area contributed by atoms with Crippen LogP contribution in [0.2, 0.25) is 0 Å². The van der Waals surface area contributed by atoms with Gasteiger partial charge in [-0.05, 0) is 77.0 Å². The minimum absolute atomic E-state index is 0.00654. The van der Waals surface area contributed by atoms with E-state index in [-0.39, 0.29) is 71.5 Å². The van der Waals surface area contributed by atoms with E-state index in [1.54, 1.807) is 12.0 Å². The number of carbonyl (C=O) groups is 2. The standard InChI is InChI=1S/C30H48Cl2N4O4/c1-18(2)40-25-16-21(39-3)12-13-23(25)29-34-27(19-8-10-20(31)11-9-19)28(22-6-4-5-7-24(22)32)36(29)30(38)35-15-14-33-26(37)17-35/h18-25,27-28H,4-17H2,1-3H3,(H,33,37)/t19?,20?,21?,22?,23?,24?,25?,27-,28+/m0/s1.